The van der Waals surface area contributed by atoms with Gasteiger partial charge in [-0.2, -0.15) is 0 Å². The van der Waals surface area contributed by atoms with Crippen LogP contribution in [0.25, 0.3) is 0 Å². The van der Waals surface area contributed by atoms with Gasteiger partial charge in [0.2, 0.25) is 0 Å². The average molecular weight is 376 g/mol. The summed E-state index contributed by atoms with van der Waals surface area (Å²) in [4.78, 5) is 32.5. The highest BCUT2D eigenvalue weighted by Crippen LogP contribution is 2.44. The van der Waals surface area contributed by atoms with Gasteiger partial charge in [-0.15, -0.1) is 0 Å². The van der Waals surface area contributed by atoms with Crippen LogP contribution in [0.1, 0.15) is 22.8 Å². The molecule has 0 saturated carbocycles. The lowest BCUT2D eigenvalue weighted by molar-refractivity contribution is -0.394. The van der Waals surface area contributed by atoms with E-state index in [1.54, 1.807) is 6.07 Å². The summed E-state index contributed by atoms with van der Waals surface area (Å²) < 4.78 is 24.7. The fourth-order valence-electron chi connectivity index (χ4n) is 2.74. The van der Waals surface area contributed by atoms with Crippen LogP contribution in [0.15, 0.2) is 42.5 Å². The van der Waals surface area contributed by atoms with E-state index in [4.69, 9.17) is 9.47 Å². The maximum atomic E-state index is 14.1. The first-order chi connectivity index (χ1) is 12.7. The van der Waals surface area contributed by atoms with E-state index < -0.39 is 44.7 Å². The van der Waals surface area contributed by atoms with E-state index in [2.05, 4.69) is 0 Å². The number of nitro groups is 2. The molecular formula is C17H13FN2O7. The van der Waals surface area contributed by atoms with E-state index in [0.29, 0.717) is 0 Å². The van der Waals surface area contributed by atoms with Gasteiger partial charge in [0.15, 0.2) is 5.60 Å². The first-order valence-electron chi connectivity index (χ1n) is 7.78. The van der Waals surface area contributed by atoms with Crippen LogP contribution in [0, 0.1) is 26.0 Å². The summed E-state index contributed by atoms with van der Waals surface area (Å²) in [5, 5.41) is 21.9. The maximum absolute atomic E-state index is 14.1. The molecule has 1 saturated heterocycles. The molecule has 0 spiro atoms. The van der Waals surface area contributed by atoms with Crippen LogP contribution in [-0.4, -0.2) is 28.5 Å². The molecule has 2 aromatic rings. The maximum Gasteiger partial charge on any atom is 0.339 e. The Balaban J connectivity index is 1.86. The number of non-ortho nitro benzene ring substituents is 2. The molecule has 0 aromatic heterocycles. The third-order valence-electron chi connectivity index (χ3n) is 4.29. The second kappa shape index (κ2) is 6.72. The van der Waals surface area contributed by atoms with Gasteiger partial charge in [-0.3, -0.25) is 20.2 Å². The van der Waals surface area contributed by atoms with Gasteiger partial charge < -0.3 is 9.47 Å². The number of halogens is 1. The van der Waals surface area contributed by atoms with E-state index in [1.165, 1.54) is 25.1 Å². The fourth-order valence-corrected chi connectivity index (χ4v) is 2.74. The first-order valence-corrected chi connectivity index (χ1v) is 7.78. The number of carbonyl (C=O) groups excluding carboxylic acids is 1. The highest BCUT2D eigenvalue weighted by Gasteiger charge is 2.54. The minimum atomic E-state index is -1.16. The van der Waals surface area contributed by atoms with Gasteiger partial charge in [0.1, 0.15) is 11.9 Å². The number of carbonyl (C=O) groups is 1. The van der Waals surface area contributed by atoms with E-state index in [-0.39, 0.29) is 17.7 Å². The summed E-state index contributed by atoms with van der Waals surface area (Å²) in [6.45, 7) is 1.61. The lowest BCUT2D eigenvalue weighted by atomic mass is 9.94. The zero-order chi connectivity index (χ0) is 19.8. The highest BCUT2D eigenvalue weighted by atomic mass is 19.1. The van der Waals surface area contributed by atoms with Gasteiger partial charge in [0.05, 0.1) is 28.1 Å². The second-order valence-electron chi connectivity index (χ2n) is 5.96. The van der Waals surface area contributed by atoms with Crippen molar-refractivity contribution in [1.82, 2.24) is 0 Å². The van der Waals surface area contributed by atoms with Crippen LogP contribution in [0.3, 0.4) is 0 Å². The largest absolute Gasteiger partial charge is 0.456 e. The Kier molecular flexibility index (Phi) is 4.58. The van der Waals surface area contributed by atoms with Crippen LogP contribution in [-0.2, 0) is 15.1 Å². The molecule has 0 unspecified atom stereocenters. The zero-order valence-corrected chi connectivity index (χ0v) is 14.0. The van der Waals surface area contributed by atoms with Gasteiger partial charge in [0, 0.05) is 17.7 Å². The minimum Gasteiger partial charge on any atom is -0.456 e. The SMILES string of the molecule is C[C@@H](OC(=O)c1cc([N+](=O)[O-])cc([N+](=O)[O-])c1)[C@]1(c2ccccc2F)CO1. The molecule has 2 aromatic carbocycles. The summed E-state index contributed by atoms with van der Waals surface area (Å²) in [5.41, 5.74) is -2.53. The predicted molar refractivity (Wildman–Crippen MR) is 88.7 cm³/mol. The van der Waals surface area contributed by atoms with Crippen LogP contribution >= 0.6 is 0 Å². The topological polar surface area (TPSA) is 125 Å². The van der Waals surface area contributed by atoms with Gasteiger partial charge in [-0.1, -0.05) is 18.2 Å². The molecule has 10 heteroatoms. The van der Waals surface area contributed by atoms with Crippen LogP contribution in [0.2, 0.25) is 0 Å². The van der Waals surface area contributed by atoms with Crippen molar-refractivity contribution in [2.75, 3.05) is 6.61 Å². The Morgan fingerprint density at radius 1 is 1.19 bits per heavy atom. The number of hydrogen-bond donors (Lipinski definition) is 0. The monoisotopic (exact) mass is 376 g/mol. The molecule has 2 atom stereocenters. The Morgan fingerprint density at radius 2 is 1.74 bits per heavy atom. The molecule has 9 nitrogen and oxygen atoms in total. The molecule has 27 heavy (non-hydrogen) atoms. The number of epoxide rings is 1. The molecule has 0 aliphatic carbocycles. The number of esters is 1. The molecule has 1 fully saturated rings. The number of benzene rings is 2. The van der Waals surface area contributed by atoms with Crippen LogP contribution in [0.4, 0.5) is 15.8 Å². The molecule has 1 heterocycles. The first kappa shape index (κ1) is 18.4. The molecular weight excluding hydrogens is 363 g/mol. The summed E-state index contributed by atoms with van der Waals surface area (Å²) >= 11 is 0. The molecule has 0 amide bonds. The second-order valence-corrected chi connectivity index (χ2v) is 5.96. The van der Waals surface area contributed by atoms with E-state index in [0.717, 1.165) is 18.2 Å². The Hall–Kier alpha value is -3.40. The quantitative estimate of drug-likeness (QED) is 0.328. The van der Waals surface area contributed by atoms with Gasteiger partial charge in [-0.05, 0) is 13.0 Å². The van der Waals surface area contributed by atoms with Crippen molar-refractivity contribution in [3.63, 3.8) is 0 Å². The molecule has 1 aliphatic rings. The van der Waals surface area contributed by atoms with E-state index in [9.17, 15) is 29.4 Å². The molecule has 140 valence electrons. The van der Waals surface area contributed by atoms with Gasteiger partial charge in [0.25, 0.3) is 11.4 Å². The summed E-state index contributed by atoms with van der Waals surface area (Å²) in [6, 6.07) is 8.37. The Bertz CT molecular complexity index is 910. The Labute approximate surface area is 151 Å². The molecule has 0 bridgehead atoms. The van der Waals surface area contributed by atoms with Crippen molar-refractivity contribution in [3.05, 3.63) is 79.6 Å². The fraction of sp³-hybridized carbons (Fsp3) is 0.235. The number of hydrogen-bond acceptors (Lipinski definition) is 7. The van der Waals surface area contributed by atoms with Gasteiger partial charge >= 0.3 is 5.97 Å². The zero-order valence-electron chi connectivity index (χ0n) is 14.0. The Morgan fingerprint density at radius 3 is 2.22 bits per heavy atom. The molecule has 0 radical (unpaired) electrons. The minimum absolute atomic E-state index is 0.122. The van der Waals surface area contributed by atoms with Crippen molar-refractivity contribution in [3.8, 4) is 0 Å². The third-order valence-corrected chi connectivity index (χ3v) is 4.29. The third kappa shape index (κ3) is 3.47. The highest BCUT2D eigenvalue weighted by molar-refractivity contribution is 5.91. The number of nitrogens with zero attached hydrogens (tertiary/aromatic N) is 2. The number of ether oxygens (including phenoxy) is 2. The average Bonchev–Trinajstić information content (AvgIpc) is 3.43. The van der Waals surface area contributed by atoms with Crippen LogP contribution < -0.4 is 0 Å². The van der Waals surface area contributed by atoms with Crippen molar-refractivity contribution in [1.29, 1.82) is 0 Å². The normalized spacial score (nSPS) is 19.2. The van der Waals surface area contributed by atoms with Crippen LogP contribution in [0.5, 0.6) is 0 Å². The van der Waals surface area contributed by atoms with Crippen molar-refractivity contribution >= 4 is 17.3 Å². The predicted octanol–water partition coefficient (Wildman–Crippen LogP) is 3.11. The van der Waals surface area contributed by atoms with Crippen molar-refractivity contribution in [2.45, 2.75) is 18.6 Å². The molecule has 3 rings (SSSR count). The molecule has 0 N–H and O–H groups in total. The standard InChI is InChI=1S/C17H13FN2O7/c1-10(17(9-26-17)14-4-2-3-5-15(14)18)27-16(21)11-6-12(19(22)23)8-13(7-11)20(24)25/h2-8,10H,9H2,1H3/t10-,17+/m1/s1. The lowest BCUT2D eigenvalue weighted by Gasteiger charge is -2.21. The smallest absolute Gasteiger partial charge is 0.339 e. The van der Waals surface area contributed by atoms with Crippen molar-refractivity contribution in [2.24, 2.45) is 0 Å². The van der Waals surface area contributed by atoms with E-state index in [1.807, 2.05) is 0 Å². The van der Waals surface area contributed by atoms with Crippen molar-refractivity contribution < 1.29 is 28.5 Å². The number of rotatable bonds is 6. The lowest BCUT2D eigenvalue weighted by Crippen LogP contribution is -2.31. The number of nitro benzene ring substituents is 2. The molecule has 1 aliphatic heterocycles. The van der Waals surface area contributed by atoms with Gasteiger partial charge in [-0.25, -0.2) is 9.18 Å². The summed E-state index contributed by atoms with van der Waals surface area (Å²) in [5.74, 6) is -1.54. The van der Waals surface area contributed by atoms with E-state index >= 15 is 0 Å². The summed E-state index contributed by atoms with van der Waals surface area (Å²) in [7, 11) is 0. The summed E-state index contributed by atoms with van der Waals surface area (Å²) in [6.07, 6.45) is -0.930.